The molecule has 0 radical (unpaired) electrons. The quantitative estimate of drug-likeness (QED) is 0.919. The molecule has 1 unspecified atom stereocenters. The van der Waals surface area contributed by atoms with E-state index in [4.69, 9.17) is 9.15 Å². The summed E-state index contributed by atoms with van der Waals surface area (Å²) in [5.41, 5.74) is 0.744. The number of rotatable bonds is 4. The maximum absolute atomic E-state index is 12.2. The molecule has 0 aromatic carbocycles. The highest BCUT2D eigenvalue weighted by molar-refractivity contribution is 5.92. The lowest BCUT2D eigenvalue weighted by Crippen LogP contribution is -2.39. The monoisotopic (exact) mass is 278 g/mol. The lowest BCUT2D eigenvalue weighted by molar-refractivity contribution is -0.0715. The Morgan fingerprint density at radius 2 is 2.25 bits per heavy atom. The van der Waals surface area contributed by atoms with Crippen molar-refractivity contribution < 1.29 is 13.9 Å². The van der Waals surface area contributed by atoms with Gasteiger partial charge >= 0.3 is 0 Å². The van der Waals surface area contributed by atoms with Crippen LogP contribution in [0.15, 0.2) is 10.8 Å². The zero-order valence-electron chi connectivity index (χ0n) is 12.1. The van der Waals surface area contributed by atoms with Crippen LogP contribution in [0.3, 0.4) is 0 Å². The van der Waals surface area contributed by atoms with Gasteiger partial charge in [-0.15, -0.1) is 0 Å². The molecule has 20 heavy (non-hydrogen) atoms. The standard InChI is InChI=1S/C15H22N2O3/c1-15(2)7-10(5-6-20-15)8-16-14(18)13-12(11-3-4-11)17-9-19-13/h9-11H,3-8H2,1-2H3,(H,16,18). The van der Waals surface area contributed by atoms with Crippen molar-refractivity contribution in [2.75, 3.05) is 13.2 Å². The van der Waals surface area contributed by atoms with Gasteiger partial charge in [0.1, 0.15) is 0 Å². The maximum Gasteiger partial charge on any atom is 0.289 e. The average Bonchev–Trinajstić information content (AvgIpc) is 3.12. The van der Waals surface area contributed by atoms with Crippen molar-refractivity contribution in [3.63, 3.8) is 0 Å². The van der Waals surface area contributed by atoms with Gasteiger partial charge in [0, 0.05) is 19.1 Å². The second kappa shape index (κ2) is 5.20. The van der Waals surface area contributed by atoms with Gasteiger partial charge in [0.15, 0.2) is 6.39 Å². The molecular formula is C15H22N2O3. The van der Waals surface area contributed by atoms with Crippen molar-refractivity contribution in [2.45, 2.75) is 51.0 Å². The van der Waals surface area contributed by atoms with Gasteiger partial charge in [-0.3, -0.25) is 4.79 Å². The fraction of sp³-hybridized carbons (Fsp3) is 0.733. The number of nitrogens with one attached hydrogen (secondary N) is 1. The number of hydrogen-bond donors (Lipinski definition) is 1. The number of amides is 1. The molecule has 1 aliphatic heterocycles. The highest BCUT2D eigenvalue weighted by atomic mass is 16.5. The van der Waals surface area contributed by atoms with Gasteiger partial charge in [0.05, 0.1) is 11.3 Å². The summed E-state index contributed by atoms with van der Waals surface area (Å²) in [4.78, 5) is 16.4. The van der Waals surface area contributed by atoms with E-state index in [9.17, 15) is 4.79 Å². The van der Waals surface area contributed by atoms with Crippen LogP contribution in [0.4, 0.5) is 0 Å². The summed E-state index contributed by atoms with van der Waals surface area (Å²) in [6.07, 6.45) is 5.57. The second-order valence-electron chi connectivity index (χ2n) is 6.52. The van der Waals surface area contributed by atoms with E-state index in [-0.39, 0.29) is 11.5 Å². The number of carbonyl (C=O) groups is 1. The number of aromatic nitrogens is 1. The van der Waals surface area contributed by atoms with E-state index in [1.807, 2.05) is 0 Å². The van der Waals surface area contributed by atoms with Crippen molar-refractivity contribution in [3.05, 3.63) is 17.8 Å². The Balaban J connectivity index is 1.55. The largest absolute Gasteiger partial charge is 0.438 e. The third kappa shape index (κ3) is 3.03. The minimum Gasteiger partial charge on any atom is -0.438 e. The Morgan fingerprint density at radius 3 is 2.95 bits per heavy atom. The SMILES string of the molecule is CC1(C)CC(CNC(=O)c2ocnc2C2CC2)CCO1. The lowest BCUT2D eigenvalue weighted by Gasteiger charge is -2.35. The molecular weight excluding hydrogens is 256 g/mol. The Bertz CT molecular complexity index is 491. The summed E-state index contributed by atoms with van der Waals surface area (Å²) in [5, 5.41) is 2.99. The molecule has 1 saturated carbocycles. The number of oxazole rings is 1. The van der Waals surface area contributed by atoms with Crippen molar-refractivity contribution in [3.8, 4) is 0 Å². The van der Waals surface area contributed by atoms with E-state index >= 15 is 0 Å². The van der Waals surface area contributed by atoms with Gasteiger partial charge in [0.25, 0.3) is 5.91 Å². The van der Waals surface area contributed by atoms with Crippen molar-refractivity contribution >= 4 is 5.91 Å². The van der Waals surface area contributed by atoms with Crippen LogP contribution in [0.2, 0.25) is 0 Å². The number of hydrogen-bond acceptors (Lipinski definition) is 4. The smallest absolute Gasteiger partial charge is 0.289 e. The van der Waals surface area contributed by atoms with Crippen molar-refractivity contribution in [2.24, 2.45) is 5.92 Å². The highest BCUT2D eigenvalue weighted by Crippen LogP contribution is 2.40. The van der Waals surface area contributed by atoms with Gasteiger partial charge in [-0.2, -0.15) is 0 Å². The van der Waals surface area contributed by atoms with Crippen LogP contribution in [0.25, 0.3) is 0 Å². The molecule has 1 atom stereocenters. The van der Waals surface area contributed by atoms with Crippen LogP contribution < -0.4 is 5.32 Å². The zero-order valence-corrected chi connectivity index (χ0v) is 12.1. The van der Waals surface area contributed by atoms with Crippen LogP contribution in [0.5, 0.6) is 0 Å². The molecule has 1 aliphatic carbocycles. The number of ether oxygens (including phenoxy) is 1. The molecule has 2 aliphatic rings. The van der Waals surface area contributed by atoms with Crippen molar-refractivity contribution in [1.29, 1.82) is 0 Å². The van der Waals surface area contributed by atoms with Crippen LogP contribution in [-0.4, -0.2) is 29.6 Å². The van der Waals surface area contributed by atoms with E-state index < -0.39 is 0 Å². The minimum absolute atomic E-state index is 0.0843. The Labute approximate surface area is 119 Å². The van der Waals surface area contributed by atoms with Gasteiger partial charge in [0.2, 0.25) is 5.76 Å². The van der Waals surface area contributed by atoms with E-state index in [1.165, 1.54) is 6.39 Å². The highest BCUT2D eigenvalue weighted by Gasteiger charge is 2.33. The molecule has 1 saturated heterocycles. The maximum atomic E-state index is 12.2. The lowest BCUT2D eigenvalue weighted by atomic mass is 9.88. The summed E-state index contributed by atoms with van der Waals surface area (Å²) in [5.74, 6) is 1.17. The normalized spacial score (nSPS) is 25.4. The van der Waals surface area contributed by atoms with E-state index in [2.05, 4.69) is 24.1 Å². The topological polar surface area (TPSA) is 64.4 Å². The Hall–Kier alpha value is -1.36. The summed E-state index contributed by atoms with van der Waals surface area (Å²) in [6, 6.07) is 0. The first-order valence-corrected chi connectivity index (χ1v) is 7.41. The molecule has 110 valence electrons. The molecule has 1 N–H and O–H groups in total. The summed E-state index contributed by atoms with van der Waals surface area (Å²) in [7, 11) is 0. The van der Waals surface area contributed by atoms with Gasteiger partial charge in [-0.05, 0) is 45.4 Å². The van der Waals surface area contributed by atoms with Crippen LogP contribution in [0, 0.1) is 5.92 Å². The summed E-state index contributed by atoms with van der Waals surface area (Å²) < 4.78 is 11.0. The van der Waals surface area contributed by atoms with E-state index in [1.54, 1.807) is 0 Å². The van der Waals surface area contributed by atoms with Gasteiger partial charge in [-0.25, -0.2) is 4.98 Å². The minimum atomic E-state index is -0.131. The molecule has 1 aromatic rings. The van der Waals surface area contributed by atoms with E-state index in [0.717, 1.165) is 38.0 Å². The van der Waals surface area contributed by atoms with Crippen LogP contribution in [-0.2, 0) is 4.74 Å². The predicted molar refractivity (Wildman–Crippen MR) is 73.6 cm³/mol. The third-order valence-corrected chi connectivity index (χ3v) is 4.12. The summed E-state index contributed by atoms with van der Waals surface area (Å²) >= 11 is 0. The molecule has 5 heteroatoms. The molecule has 0 bridgehead atoms. The number of carbonyl (C=O) groups excluding carboxylic acids is 1. The molecule has 5 nitrogen and oxygen atoms in total. The predicted octanol–water partition coefficient (Wildman–Crippen LogP) is 2.49. The average molecular weight is 278 g/mol. The third-order valence-electron chi connectivity index (χ3n) is 4.12. The first kappa shape index (κ1) is 13.6. The second-order valence-corrected chi connectivity index (χ2v) is 6.52. The molecule has 3 rings (SSSR count). The Kier molecular flexibility index (Phi) is 3.54. The molecule has 2 heterocycles. The van der Waals surface area contributed by atoms with Crippen molar-refractivity contribution in [1.82, 2.24) is 10.3 Å². The number of nitrogens with zero attached hydrogens (tertiary/aromatic N) is 1. The Morgan fingerprint density at radius 1 is 1.45 bits per heavy atom. The fourth-order valence-corrected chi connectivity index (χ4v) is 2.92. The summed E-state index contributed by atoms with van der Waals surface area (Å²) in [6.45, 7) is 5.64. The molecule has 1 aromatic heterocycles. The molecule has 1 amide bonds. The van der Waals surface area contributed by atoms with E-state index in [0.29, 0.717) is 24.1 Å². The van der Waals surface area contributed by atoms with Gasteiger partial charge < -0.3 is 14.5 Å². The molecule has 0 spiro atoms. The first-order chi connectivity index (χ1) is 9.55. The fourth-order valence-electron chi connectivity index (χ4n) is 2.92. The zero-order chi connectivity index (χ0) is 14.2. The van der Waals surface area contributed by atoms with Crippen LogP contribution in [0.1, 0.15) is 61.7 Å². The first-order valence-electron chi connectivity index (χ1n) is 7.41. The molecule has 2 fully saturated rings. The van der Waals surface area contributed by atoms with Gasteiger partial charge in [-0.1, -0.05) is 0 Å². The van der Waals surface area contributed by atoms with Crippen LogP contribution >= 0.6 is 0 Å².